The third-order valence-electron chi connectivity index (χ3n) is 5.27. The van der Waals surface area contributed by atoms with Crippen LogP contribution in [0.4, 0.5) is 0 Å². The third kappa shape index (κ3) is 4.04. The summed E-state index contributed by atoms with van der Waals surface area (Å²) in [7, 11) is 1.51. The van der Waals surface area contributed by atoms with Crippen LogP contribution in [-0.2, 0) is 9.59 Å². The predicted octanol–water partition coefficient (Wildman–Crippen LogP) is 4.62. The predicted molar refractivity (Wildman–Crippen MR) is 113 cm³/mol. The molecule has 1 unspecified atom stereocenters. The maximum Gasteiger partial charge on any atom is 0.295 e. The van der Waals surface area contributed by atoms with Gasteiger partial charge in [-0.25, -0.2) is 0 Å². The molecule has 1 heterocycles. The fourth-order valence-corrected chi connectivity index (χ4v) is 3.78. The molecular formula is C24H27NO4. The van der Waals surface area contributed by atoms with Crippen molar-refractivity contribution in [2.24, 2.45) is 0 Å². The molecule has 0 spiro atoms. The molecule has 1 aliphatic rings. The van der Waals surface area contributed by atoms with Gasteiger partial charge in [0.1, 0.15) is 11.5 Å². The average molecular weight is 393 g/mol. The molecule has 1 amide bonds. The van der Waals surface area contributed by atoms with Gasteiger partial charge in [-0.2, -0.15) is 0 Å². The van der Waals surface area contributed by atoms with E-state index in [9.17, 15) is 14.7 Å². The van der Waals surface area contributed by atoms with Gasteiger partial charge in [0.2, 0.25) is 0 Å². The number of nitrogens with zero attached hydrogens (tertiary/aromatic N) is 1. The van der Waals surface area contributed by atoms with E-state index in [-0.39, 0.29) is 11.3 Å². The lowest BCUT2D eigenvalue weighted by Crippen LogP contribution is -2.30. The zero-order valence-electron chi connectivity index (χ0n) is 17.1. The Kier molecular flexibility index (Phi) is 6.37. The number of ether oxygens (including phenoxy) is 1. The summed E-state index contributed by atoms with van der Waals surface area (Å²) >= 11 is 0. The number of aryl methyl sites for hydroxylation is 1. The minimum Gasteiger partial charge on any atom is -0.507 e. The zero-order chi connectivity index (χ0) is 21.0. The van der Waals surface area contributed by atoms with E-state index < -0.39 is 17.7 Å². The molecule has 2 aromatic rings. The Balaban J connectivity index is 2.16. The fraction of sp³-hybridized carbons (Fsp3) is 0.333. The highest BCUT2D eigenvalue weighted by atomic mass is 16.5. The number of aliphatic hydroxyl groups excluding tert-OH is 1. The highest BCUT2D eigenvalue weighted by Crippen LogP contribution is 2.41. The summed E-state index contributed by atoms with van der Waals surface area (Å²) in [5, 5.41) is 11.2. The van der Waals surface area contributed by atoms with Gasteiger partial charge in [-0.3, -0.25) is 9.59 Å². The van der Waals surface area contributed by atoms with Crippen LogP contribution in [0.2, 0.25) is 0 Å². The van der Waals surface area contributed by atoms with Crippen molar-refractivity contribution < 1.29 is 19.4 Å². The fourth-order valence-electron chi connectivity index (χ4n) is 3.78. The first kappa shape index (κ1) is 20.6. The van der Waals surface area contributed by atoms with Gasteiger partial charge in [0.15, 0.2) is 0 Å². The van der Waals surface area contributed by atoms with Gasteiger partial charge in [0, 0.05) is 6.54 Å². The molecule has 1 aliphatic heterocycles. The second kappa shape index (κ2) is 8.95. The summed E-state index contributed by atoms with van der Waals surface area (Å²) < 4.78 is 5.39. The molecule has 0 saturated carbocycles. The van der Waals surface area contributed by atoms with Crippen LogP contribution in [0.1, 0.15) is 48.9 Å². The standard InChI is InChI=1S/C24H27NO4/c1-4-5-9-14-25-21(17-10-7-6-8-11-17)20(23(27)24(25)28)22(26)18-15-16(2)12-13-19(18)29-3/h6-8,10-13,15,21,26H,4-5,9,14H2,1-3H3/b22-20+. The molecule has 1 saturated heterocycles. The van der Waals surface area contributed by atoms with E-state index >= 15 is 0 Å². The van der Waals surface area contributed by atoms with Crippen molar-refractivity contribution >= 4 is 17.4 Å². The number of amides is 1. The molecule has 1 atom stereocenters. The summed E-state index contributed by atoms with van der Waals surface area (Å²) in [6.45, 7) is 4.46. The number of carbonyl (C=O) groups excluding carboxylic acids is 2. The first-order chi connectivity index (χ1) is 14.0. The van der Waals surface area contributed by atoms with Crippen LogP contribution >= 0.6 is 0 Å². The number of ketones is 1. The summed E-state index contributed by atoms with van der Waals surface area (Å²) in [5.74, 6) is -0.965. The largest absolute Gasteiger partial charge is 0.507 e. The van der Waals surface area contributed by atoms with Gasteiger partial charge in [0.25, 0.3) is 11.7 Å². The van der Waals surface area contributed by atoms with Crippen LogP contribution in [0.25, 0.3) is 5.76 Å². The van der Waals surface area contributed by atoms with Gasteiger partial charge in [0.05, 0.1) is 24.3 Å². The van der Waals surface area contributed by atoms with Crippen LogP contribution in [0.3, 0.4) is 0 Å². The third-order valence-corrected chi connectivity index (χ3v) is 5.27. The number of likely N-dealkylation sites (tertiary alicyclic amines) is 1. The van der Waals surface area contributed by atoms with Crippen molar-refractivity contribution in [1.29, 1.82) is 0 Å². The number of methoxy groups -OCH3 is 1. The number of unbranched alkanes of at least 4 members (excludes halogenated alkanes) is 2. The van der Waals surface area contributed by atoms with Gasteiger partial charge in [-0.05, 0) is 31.0 Å². The summed E-state index contributed by atoms with van der Waals surface area (Å²) in [4.78, 5) is 27.4. The van der Waals surface area contributed by atoms with Crippen molar-refractivity contribution in [3.05, 3.63) is 70.8 Å². The number of rotatable bonds is 7. The van der Waals surface area contributed by atoms with E-state index in [0.29, 0.717) is 17.9 Å². The van der Waals surface area contributed by atoms with Crippen molar-refractivity contribution in [1.82, 2.24) is 4.90 Å². The van der Waals surface area contributed by atoms with E-state index in [4.69, 9.17) is 4.74 Å². The van der Waals surface area contributed by atoms with E-state index in [1.54, 1.807) is 17.0 Å². The lowest BCUT2D eigenvalue weighted by molar-refractivity contribution is -0.139. The molecule has 29 heavy (non-hydrogen) atoms. The number of Topliss-reactive ketones (excluding diaryl/α,β-unsaturated/α-hetero) is 1. The summed E-state index contributed by atoms with van der Waals surface area (Å²) in [5.41, 5.74) is 2.25. The van der Waals surface area contributed by atoms with E-state index in [1.165, 1.54) is 7.11 Å². The van der Waals surface area contributed by atoms with Crippen LogP contribution in [0, 0.1) is 6.92 Å². The Morgan fingerprint density at radius 2 is 1.83 bits per heavy atom. The normalized spacial score (nSPS) is 18.3. The molecule has 5 heteroatoms. The minimum absolute atomic E-state index is 0.113. The number of aliphatic hydroxyl groups is 1. The van der Waals surface area contributed by atoms with Crippen LogP contribution in [-0.4, -0.2) is 35.4 Å². The zero-order valence-corrected chi connectivity index (χ0v) is 17.1. The smallest absolute Gasteiger partial charge is 0.295 e. The molecule has 0 radical (unpaired) electrons. The SMILES string of the molecule is CCCCCN1C(=O)C(=O)/C(=C(/O)c2cc(C)ccc2OC)C1c1ccccc1. The molecule has 2 aromatic carbocycles. The minimum atomic E-state index is -0.656. The van der Waals surface area contributed by atoms with E-state index in [1.807, 2.05) is 43.3 Å². The topological polar surface area (TPSA) is 66.8 Å². The van der Waals surface area contributed by atoms with Gasteiger partial charge < -0.3 is 14.7 Å². The maximum absolute atomic E-state index is 13.0. The molecule has 0 bridgehead atoms. The second-order valence-electron chi connectivity index (χ2n) is 7.31. The monoisotopic (exact) mass is 393 g/mol. The lowest BCUT2D eigenvalue weighted by Gasteiger charge is -2.25. The maximum atomic E-state index is 13.0. The Labute approximate surface area is 171 Å². The van der Waals surface area contributed by atoms with E-state index in [2.05, 4.69) is 6.92 Å². The Bertz CT molecular complexity index is 933. The molecule has 3 rings (SSSR count). The average Bonchev–Trinajstić information content (AvgIpc) is 2.99. The lowest BCUT2D eigenvalue weighted by atomic mass is 9.94. The quantitative estimate of drug-likeness (QED) is 0.323. The van der Waals surface area contributed by atoms with Gasteiger partial charge >= 0.3 is 0 Å². The molecule has 0 aliphatic carbocycles. The first-order valence-corrected chi connectivity index (χ1v) is 9.98. The molecule has 1 N–H and O–H groups in total. The second-order valence-corrected chi connectivity index (χ2v) is 7.31. The highest BCUT2D eigenvalue weighted by Gasteiger charge is 2.45. The first-order valence-electron chi connectivity index (χ1n) is 9.98. The Morgan fingerprint density at radius 1 is 1.10 bits per heavy atom. The molecule has 1 fully saturated rings. The van der Waals surface area contributed by atoms with Crippen molar-refractivity contribution in [3.63, 3.8) is 0 Å². The van der Waals surface area contributed by atoms with Crippen LogP contribution < -0.4 is 4.74 Å². The number of benzene rings is 2. The van der Waals surface area contributed by atoms with Crippen molar-refractivity contribution in [3.8, 4) is 5.75 Å². The number of carbonyl (C=O) groups is 2. The molecule has 0 aromatic heterocycles. The Hall–Kier alpha value is -3.08. The molecule has 152 valence electrons. The van der Waals surface area contributed by atoms with Gasteiger partial charge in [-0.15, -0.1) is 0 Å². The number of hydrogen-bond donors (Lipinski definition) is 1. The van der Waals surface area contributed by atoms with Crippen LogP contribution in [0.5, 0.6) is 5.75 Å². The molecular weight excluding hydrogens is 366 g/mol. The van der Waals surface area contributed by atoms with Crippen LogP contribution in [0.15, 0.2) is 54.1 Å². The van der Waals surface area contributed by atoms with Gasteiger partial charge in [-0.1, -0.05) is 61.7 Å². The van der Waals surface area contributed by atoms with E-state index in [0.717, 1.165) is 30.4 Å². The molecule has 5 nitrogen and oxygen atoms in total. The van der Waals surface area contributed by atoms with Crippen molar-refractivity contribution in [2.75, 3.05) is 13.7 Å². The Morgan fingerprint density at radius 3 is 2.48 bits per heavy atom. The summed E-state index contributed by atoms with van der Waals surface area (Å²) in [6.07, 6.45) is 2.79. The van der Waals surface area contributed by atoms with Crippen molar-refractivity contribution in [2.45, 2.75) is 39.2 Å². The summed E-state index contributed by atoms with van der Waals surface area (Å²) in [6, 6.07) is 14.2. The number of hydrogen-bond acceptors (Lipinski definition) is 4. The highest BCUT2D eigenvalue weighted by molar-refractivity contribution is 6.46.